The molecule has 39 heavy (non-hydrogen) atoms. The molecule has 6 rings (SSSR count). The predicted molar refractivity (Wildman–Crippen MR) is 147 cm³/mol. The molecule has 198 valence electrons. The fourth-order valence-electron chi connectivity index (χ4n) is 5.54. The van der Waals surface area contributed by atoms with E-state index in [1.165, 1.54) is 6.07 Å². The second kappa shape index (κ2) is 9.89. The molecule has 0 unspecified atom stereocenters. The molecule has 2 aromatic carbocycles. The van der Waals surface area contributed by atoms with Crippen LogP contribution in [0.1, 0.15) is 43.2 Å². The first-order valence-corrected chi connectivity index (χ1v) is 13.2. The zero-order valence-electron chi connectivity index (χ0n) is 21.5. The highest BCUT2D eigenvalue weighted by Gasteiger charge is 2.28. The van der Waals surface area contributed by atoms with Gasteiger partial charge in [-0.25, -0.2) is 19.3 Å². The number of primary amides is 1. The molecular weight excluding hydrogens is 519 g/mol. The Labute approximate surface area is 229 Å². The van der Waals surface area contributed by atoms with Crippen molar-refractivity contribution >= 4 is 39.4 Å². The van der Waals surface area contributed by atoms with E-state index in [9.17, 15) is 4.79 Å². The van der Waals surface area contributed by atoms with Gasteiger partial charge in [-0.05, 0) is 63.8 Å². The van der Waals surface area contributed by atoms with Gasteiger partial charge >= 0.3 is 6.01 Å². The first-order chi connectivity index (χ1) is 18.8. The third kappa shape index (κ3) is 4.67. The molecule has 0 saturated heterocycles. The van der Waals surface area contributed by atoms with Crippen LogP contribution < -0.4 is 10.5 Å². The Morgan fingerprint density at radius 2 is 1.82 bits per heavy atom. The van der Waals surface area contributed by atoms with Crippen molar-refractivity contribution in [2.24, 2.45) is 11.7 Å². The molecule has 5 aromatic rings. The van der Waals surface area contributed by atoms with Crippen LogP contribution in [0.15, 0.2) is 48.8 Å². The van der Waals surface area contributed by atoms with Gasteiger partial charge in [-0.2, -0.15) is 0 Å². The summed E-state index contributed by atoms with van der Waals surface area (Å²) in [6.45, 7) is 3.81. The summed E-state index contributed by atoms with van der Waals surface area (Å²) >= 11 is 6.64. The number of rotatable bonds is 5. The minimum Gasteiger partial charge on any atom is -0.424 e. The van der Waals surface area contributed by atoms with Gasteiger partial charge in [0.25, 0.3) is 0 Å². The summed E-state index contributed by atoms with van der Waals surface area (Å²) in [4.78, 5) is 29.3. The standard InChI is InChI=1S/C29H26ClFN6O2/c1-15-9-10-33-29(35-15)39-19-7-8-20(23(30)11-19)21-12-22-25(13-24(21)31)34-14-26-27(22)37(16(2)36-26)18-5-3-17(4-6-18)28(32)38/h7-14,17-18H,3-6H2,1-2H3,(H2,32,38). The second-order valence-corrected chi connectivity index (χ2v) is 10.4. The summed E-state index contributed by atoms with van der Waals surface area (Å²) in [7, 11) is 0. The molecule has 2 N–H and O–H groups in total. The van der Waals surface area contributed by atoms with Crippen molar-refractivity contribution in [3.8, 4) is 22.9 Å². The summed E-state index contributed by atoms with van der Waals surface area (Å²) < 4.78 is 23.4. The lowest BCUT2D eigenvalue weighted by Crippen LogP contribution is -2.28. The van der Waals surface area contributed by atoms with Crippen LogP contribution in [0.3, 0.4) is 0 Å². The van der Waals surface area contributed by atoms with Crippen molar-refractivity contribution < 1.29 is 13.9 Å². The molecule has 0 aliphatic heterocycles. The summed E-state index contributed by atoms with van der Waals surface area (Å²) in [5.41, 5.74) is 9.37. The van der Waals surface area contributed by atoms with E-state index in [0.717, 1.165) is 53.6 Å². The molecule has 0 atom stereocenters. The van der Waals surface area contributed by atoms with E-state index >= 15 is 4.39 Å². The lowest BCUT2D eigenvalue weighted by Gasteiger charge is -2.29. The molecule has 1 amide bonds. The number of imidazole rings is 1. The number of aryl methyl sites for hydroxylation is 2. The number of pyridine rings is 1. The Morgan fingerprint density at radius 1 is 1.03 bits per heavy atom. The number of nitrogens with zero attached hydrogens (tertiary/aromatic N) is 5. The van der Waals surface area contributed by atoms with Crippen LogP contribution in [0.2, 0.25) is 5.02 Å². The van der Waals surface area contributed by atoms with Crippen molar-refractivity contribution in [2.45, 2.75) is 45.6 Å². The summed E-state index contributed by atoms with van der Waals surface area (Å²) in [5, 5.41) is 1.11. The number of carbonyl (C=O) groups is 1. The Kier molecular flexibility index (Phi) is 6.38. The zero-order valence-corrected chi connectivity index (χ0v) is 22.2. The Bertz CT molecular complexity index is 1750. The smallest absolute Gasteiger partial charge is 0.322 e. The second-order valence-electron chi connectivity index (χ2n) is 10.0. The van der Waals surface area contributed by atoms with Crippen LogP contribution in [0.25, 0.3) is 33.1 Å². The molecule has 1 saturated carbocycles. The highest BCUT2D eigenvalue weighted by atomic mass is 35.5. The number of carbonyl (C=O) groups excluding carboxylic acids is 1. The zero-order chi connectivity index (χ0) is 27.3. The van der Waals surface area contributed by atoms with Gasteiger partial charge in [-0.3, -0.25) is 9.78 Å². The lowest BCUT2D eigenvalue weighted by atomic mass is 9.85. The van der Waals surface area contributed by atoms with Crippen LogP contribution in [0, 0.1) is 25.6 Å². The normalized spacial score (nSPS) is 17.5. The van der Waals surface area contributed by atoms with Gasteiger partial charge in [0.2, 0.25) is 5.91 Å². The summed E-state index contributed by atoms with van der Waals surface area (Å²) in [5.74, 6) is 0.527. The van der Waals surface area contributed by atoms with E-state index in [0.29, 0.717) is 27.4 Å². The number of ether oxygens (including phenoxy) is 1. The molecule has 8 nitrogen and oxygen atoms in total. The van der Waals surface area contributed by atoms with Gasteiger partial charge in [0.15, 0.2) is 0 Å². The van der Waals surface area contributed by atoms with Gasteiger partial charge in [0.05, 0.1) is 22.3 Å². The average Bonchev–Trinajstić information content (AvgIpc) is 3.25. The van der Waals surface area contributed by atoms with E-state index < -0.39 is 5.82 Å². The monoisotopic (exact) mass is 544 g/mol. The molecule has 3 aromatic heterocycles. The van der Waals surface area contributed by atoms with Crippen molar-refractivity contribution in [1.29, 1.82) is 0 Å². The molecule has 0 radical (unpaired) electrons. The van der Waals surface area contributed by atoms with Gasteiger partial charge < -0.3 is 15.0 Å². The fourth-order valence-corrected chi connectivity index (χ4v) is 5.82. The van der Waals surface area contributed by atoms with Gasteiger partial charge in [0, 0.05) is 52.5 Å². The van der Waals surface area contributed by atoms with Crippen LogP contribution in [-0.4, -0.2) is 30.4 Å². The highest BCUT2D eigenvalue weighted by molar-refractivity contribution is 6.33. The first-order valence-electron chi connectivity index (χ1n) is 12.8. The SMILES string of the molecule is Cc1ccnc(Oc2ccc(-c3cc4c(cc3F)ncc3nc(C)n(C5CCC(C(N)=O)CC5)c34)c(Cl)c2)n1. The van der Waals surface area contributed by atoms with Crippen LogP contribution in [-0.2, 0) is 4.79 Å². The maximum absolute atomic E-state index is 15.4. The molecule has 10 heteroatoms. The summed E-state index contributed by atoms with van der Waals surface area (Å²) in [6.07, 6.45) is 6.40. The Morgan fingerprint density at radius 3 is 2.54 bits per heavy atom. The van der Waals surface area contributed by atoms with Crippen molar-refractivity contribution in [3.05, 3.63) is 71.2 Å². The predicted octanol–water partition coefficient (Wildman–Crippen LogP) is 6.46. The Balaban J connectivity index is 1.42. The van der Waals surface area contributed by atoms with E-state index in [4.69, 9.17) is 27.1 Å². The quantitative estimate of drug-likeness (QED) is 0.272. The number of halogens is 2. The maximum Gasteiger partial charge on any atom is 0.322 e. The molecule has 0 spiro atoms. The van der Waals surface area contributed by atoms with E-state index in [-0.39, 0.29) is 23.9 Å². The lowest BCUT2D eigenvalue weighted by molar-refractivity contribution is -0.122. The average molecular weight is 545 g/mol. The fraction of sp³-hybridized carbons (Fsp3) is 0.276. The van der Waals surface area contributed by atoms with Crippen molar-refractivity contribution in [1.82, 2.24) is 24.5 Å². The third-order valence-corrected chi connectivity index (χ3v) is 7.77. The molecule has 3 heterocycles. The number of nitrogens with two attached hydrogens (primary N) is 1. The van der Waals surface area contributed by atoms with E-state index in [2.05, 4.69) is 19.5 Å². The minimum absolute atomic E-state index is 0.0954. The minimum atomic E-state index is -0.434. The number of hydrogen-bond acceptors (Lipinski definition) is 6. The topological polar surface area (TPSA) is 109 Å². The Hall–Kier alpha value is -4.11. The maximum atomic E-state index is 15.4. The number of hydrogen-bond donors (Lipinski definition) is 1. The number of benzene rings is 2. The van der Waals surface area contributed by atoms with Gasteiger partial charge in [-0.1, -0.05) is 11.6 Å². The van der Waals surface area contributed by atoms with Crippen molar-refractivity contribution in [2.75, 3.05) is 0 Å². The van der Waals surface area contributed by atoms with Crippen LogP contribution in [0.4, 0.5) is 4.39 Å². The highest BCUT2D eigenvalue weighted by Crippen LogP contribution is 2.40. The van der Waals surface area contributed by atoms with Crippen LogP contribution >= 0.6 is 11.6 Å². The van der Waals surface area contributed by atoms with E-state index in [1.807, 2.05) is 13.8 Å². The summed E-state index contributed by atoms with van der Waals surface area (Å²) in [6, 6.07) is 10.4. The molecular formula is C29H26ClFN6O2. The molecule has 1 fully saturated rings. The van der Waals surface area contributed by atoms with Gasteiger partial charge in [0.1, 0.15) is 22.9 Å². The van der Waals surface area contributed by atoms with Crippen LogP contribution in [0.5, 0.6) is 11.8 Å². The molecule has 0 bridgehead atoms. The van der Waals surface area contributed by atoms with Crippen molar-refractivity contribution in [3.63, 3.8) is 0 Å². The number of fused-ring (bicyclic) bond motifs is 3. The third-order valence-electron chi connectivity index (χ3n) is 7.46. The first kappa shape index (κ1) is 25.2. The molecule has 1 aliphatic carbocycles. The van der Waals surface area contributed by atoms with Gasteiger partial charge in [-0.15, -0.1) is 0 Å². The number of amides is 1. The molecule has 1 aliphatic rings. The number of aromatic nitrogens is 5. The van der Waals surface area contributed by atoms with E-state index in [1.54, 1.807) is 42.7 Å². The largest absolute Gasteiger partial charge is 0.424 e.